The van der Waals surface area contributed by atoms with Crippen LogP contribution in [0.5, 0.6) is 0 Å². The van der Waals surface area contributed by atoms with Crippen LogP contribution in [0.2, 0.25) is 0 Å². The largest absolute Gasteiger partial charge is 0.388 e. The second-order valence-electron chi connectivity index (χ2n) is 4.48. The summed E-state index contributed by atoms with van der Waals surface area (Å²) in [5.41, 5.74) is 1.07. The highest BCUT2D eigenvalue weighted by Crippen LogP contribution is 2.40. The van der Waals surface area contributed by atoms with Crippen molar-refractivity contribution in [2.45, 2.75) is 25.5 Å². The average molecular weight is 233 g/mol. The summed E-state index contributed by atoms with van der Waals surface area (Å²) in [6.45, 7) is 0.912. The van der Waals surface area contributed by atoms with Crippen molar-refractivity contribution in [2.24, 2.45) is 5.92 Å². The molecule has 1 saturated carbocycles. The summed E-state index contributed by atoms with van der Waals surface area (Å²) < 4.78 is 2.15. The van der Waals surface area contributed by atoms with Gasteiger partial charge in [0.25, 0.3) is 0 Å². The van der Waals surface area contributed by atoms with Crippen LogP contribution in [-0.2, 0) is 6.54 Å². The van der Waals surface area contributed by atoms with Crippen molar-refractivity contribution in [2.75, 3.05) is 0 Å². The maximum absolute atomic E-state index is 9.99. The third-order valence-corrected chi connectivity index (χ3v) is 3.96. The van der Waals surface area contributed by atoms with Crippen LogP contribution in [0.25, 0.3) is 0 Å². The minimum Gasteiger partial charge on any atom is -0.388 e. The quantitative estimate of drug-likeness (QED) is 0.862. The lowest BCUT2D eigenvalue weighted by molar-refractivity contribution is 0.154. The van der Waals surface area contributed by atoms with E-state index in [9.17, 15) is 5.11 Å². The number of nitrogens with zero attached hydrogens (tertiary/aromatic N) is 1. The van der Waals surface area contributed by atoms with E-state index < -0.39 is 0 Å². The third kappa shape index (κ3) is 2.06. The standard InChI is InChI=1S/C13H15NOS/c15-13(10-3-4-10)11-5-6-14(8-11)9-12-2-1-7-16-12/h1-2,5-8,10,13,15H,3-4,9H2. The molecule has 0 saturated heterocycles. The first-order valence-corrected chi connectivity index (χ1v) is 6.57. The highest BCUT2D eigenvalue weighted by Gasteiger charge is 2.31. The first-order valence-electron chi connectivity index (χ1n) is 5.69. The van der Waals surface area contributed by atoms with Gasteiger partial charge in [0, 0.05) is 17.3 Å². The molecule has 2 aromatic heterocycles. The van der Waals surface area contributed by atoms with E-state index in [0.29, 0.717) is 5.92 Å². The molecule has 3 heteroatoms. The molecule has 1 N–H and O–H groups in total. The monoisotopic (exact) mass is 233 g/mol. The maximum Gasteiger partial charge on any atom is 0.0832 e. The van der Waals surface area contributed by atoms with Crippen LogP contribution in [-0.4, -0.2) is 9.67 Å². The Balaban J connectivity index is 1.72. The Morgan fingerprint density at radius 2 is 2.31 bits per heavy atom. The molecule has 84 valence electrons. The molecule has 2 nitrogen and oxygen atoms in total. The van der Waals surface area contributed by atoms with Gasteiger partial charge in [0.2, 0.25) is 0 Å². The second kappa shape index (κ2) is 4.07. The Bertz CT molecular complexity index is 456. The molecule has 1 atom stereocenters. The van der Waals surface area contributed by atoms with Crippen molar-refractivity contribution < 1.29 is 5.11 Å². The summed E-state index contributed by atoms with van der Waals surface area (Å²) in [4.78, 5) is 1.35. The van der Waals surface area contributed by atoms with Crippen molar-refractivity contribution in [1.82, 2.24) is 4.57 Å². The van der Waals surface area contributed by atoms with Gasteiger partial charge >= 0.3 is 0 Å². The Morgan fingerprint density at radius 3 is 3.00 bits per heavy atom. The normalized spacial score (nSPS) is 17.6. The van der Waals surface area contributed by atoms with Gasteiger partial charge in [-0.15, -0.1) is 11.3 Å². The molecule has 1 fully saturated rings. The van der Waals surface area contributed by atoms with E-state index in [1.54, 1.807) is 11.3 Å². The predicted molar refractivity (Wildman–Crippen MR) is 65.5 cm³/mol. The zero-order chi connectivity index (χ0) is 11.0. The number of hydrogen-bond donors (Lipinski definition) is 1. The summed E-state index contributed by atoms with van der Waals surface area (Å²) in [6, 6.07) is 6.25. The zero-order valence-electron chi connectivity index (χ0n) is 9.04. The molecule has 2 heterocycles. The van der Waals surface area contributed by atoms with Gasteiger partial charge in [-0.25, -0.2) is 0 Å². The molecule has 16 heavy (non-hydrogen) atoms. The highest BCUT2D eigenvalue weighted by molar-refractivity contribution is 7.09. The minimum absolute atomic E-state index is 0.246. The molecule has 3 rings (SSSR count). The number of hydrogen-bond acceptors (Lipinski definition) is 2. The smallest absolute Gasteiger partial charge is 0.0832 e. The van der Waals surface area contributed by atoms with E-state index >= 15 is 0 Å². The number of rotatable bonds is 4. The fourth-order valence-corrected chi connectivity index (χ4v) is 2.71. The summed E-state index contributed by atoms with van der Waals surface area (Å²) >= 11 is 1.77. The predicted octanol–water partition coefficient (Wildman–Crippen LogP) is 3.04. The zero-order valence-corrected chi connectivity index (χ0v) is 9.86. The SMILES string of the molecule is OC(c1ccn(Cc2cccs2)c1)C1CC1. The van der Waals surface area contributed by atoms with E-state index in [4.69, 9.17) is 0 Å². The highest BCUT2D eigenvalue weighted by atomic mass is 32.1. The van der Waals surface area contributed by atoms with Crippen LogP contribution in [0.3, 0.4) is 0 Å². The fourth-order valence-electron chi connectivity index (χ4n) is 2.00. The molecule has 2 aromatic rings. The molecule has 1 aliphatic rings. The van der Waals surface area contributed by atoms with Gasteiger partial charge in [0.05, 0.1) is 12.6 Å². The van der Waals surface area contributed by atoms with E-state index in [1.807, 2.05) is 6.07 Å². The van der Waals surface area contributed by atoms with Crippen molar-refractivity contribution in [1.29, 1.82) is 0 Å². The summed E-state index contributed by atoms with van der Waals surface area (Å²) in [5.74, 6) is 0.512. The molecular weight excluding hydrogens is 218 g/mol. The van der Waals surface area contributed by atoms with Gasteiger partial charge in [-0.1, -0.05) is 6.07 Å². The van der Waals surface area contributed by atoms with Gasteiger partial charge in [-0.3, -0.25) is 0 Å². The van der Waals surface area contributed by atoms with E-state index in [-0.39, 0.29) is 6.10 Å². The van der Waals surface area contributed by atoms with E-state index in [1.165, 1.54) is 17.7 Å². The number of aliphatic hydroxyl groups is 1. The van der Waals surface area contributed by atoms with Gasteiger partial charge in [0.15, 0.2) is 0 Å². The first-order chi connectivity index (χ1) is 7.83. The number of aromatic nitrogens is 1. The molecule has 0 aliphatic heterocycles. The lowest BCUT2D eigenvalue weighted by Crippen LogP contribution is -1.98. The molecule has 0 amide bonds. The van der Waals surface area contributed by atoms with E-state index in [2.05, 4.69) is 34.5 Å². The van der Waals surface area contributed by atoms with Crippen LogP contribution in [0.1, 0.15) is 29.4 Å². The van der Waals surface area contributed by atoms with Crippen LogP contribution < -0.4 is 0 Å². The average Bonchev–Trinajstić information content (AvgIpc) is 2.82. The summed E-state index contributed by atoms with van der Waals surface area (Å²) in [6.07, 6.45) is 6.24. The molecule has 1 aliphatic carbocycles. The summed E-state index contributed by atoms with van der Waals surface area (Å²) in [7, 11) is 0. The molecule has 0 bridgehead atoms. The van der Waals surface area contributed by atoms with Gasteiger partial charge < -0.3 is 9.67 Å². The maximum atomic E-state index is 9.99. The van der Waals surface area contributed by atoms with Crippen LogP contribution in [0, 0.1) is 5.92 Å². The minimum atomic E-state index is -0.246. The van der Waals surface area contributed by atoms with Crippen LogP contribution in [0.4, 0.5) is 0 Å². The fraction of sp³-hybridized carbons (Fsp3) is 0.385. The Kier molecular flexibility index (Phi) is 2.58. The Labute approximate surface area is 99.2 Å². The van der Waals surface area contributed by atoms with Crippen LogP contribution in [0.15, 0.2) is 36.0 Å². The molecule has 1 unspecified atom stereocenters. The van der Waals surface area contributed by atoms with Gasteiger partial charge in [-0.2, -0.15) is 0 Å². The van der Waals surface area contributed by atoms with Gasteiger partial charge in [0.1, 0.15) is 0 Å². The van der Waals surface area contributed by atoms with E-state index in [0.717, 1.165) is 12.1 Å². The third-order valence-electron chi connectivity index (χ3n) is 3.10. The Morgan fingerprint density at radius 1 is 1.44 bits per heavy atom. The second-order valence-corrected chi connectivity index (χ2v) is 5.51. The summed E-state index contributed by atoms with van der Waals surface area (Å²) in [5, 5.41) is 12.1. The van der Waals surface area contributed by atoms with Crippen molar-refractivity contribution in [3.8, 4) is 0 Å². The first kappa shape index (κ1) is 10.1. The number of aliphatic hydroxyl groups excluding tert-OH is 1. The molecule has 0 spiro atoms. The number of thiophene rings is 1. The van der Waals surface area contributed by atoms with Crippen LogP contribution >= 0.6 is 11.3 Å². The lowest BCUT2D eigenvalue weighted by atomic mass is 10.1. The lowest BCUT2D eigenvalue weighted by Gasteiger charge is -2.05. The molecule has 0 radical (unpaired) electrons. The van der Waals surface area contributed by atoms with Crippen molar-refractivity contribution in [3.63, 3.8) is 0 Å². The Hall–Kier alpha value is -1.06. The topological polar surface area (TPSA) is 25.2 Å². The molecule has 0 aromatic carbocycles. The van der Waals surface area contributed by atoms with Gasteiger partial charge in [-0.05, 0) is 41.8 Å². The van der Waals surface area contributed by atoms with Crippen molar-refractivity contribution in [3.05, 3.63) is 46.4 Å². The molecular formula is C13H15NOS. The van der Waals surface area contributed by atoms with Crippen molar-refractivity contribution >= 4 is 11.3 Å².